The van der Waals surface area contributed by atoms with Crippen LogP contribution in [-0.2, 0) is 32.5 Å². The van der Waals surface area contributed by atoms with Crippen molar-refractivity contribution in [2.24, 2.45) is 4.40 Å². The summed E-state index contributed by atoms with van der Waals surface area (Å²) >= 11 is 0. The number of aromatic nitrogens is 1. The maximum Gasteiger partial charge on any atom is 0.337 e. The van der Waals surface area contributed by atoms with E-state index in [-0.39, 0.29) is 18.2 Å². The van der Waals surface area contributed by atoms with E-state index in [1.54, 1.807) is 40.3 Å². The summed E-state index contributed by atoms with van der Waals surface area (Å²) in [7, 11) is -2.09. The van der Waals surface area contributed by atoms with Crippen molar-refractivity contribution >= 4 is 38.6 Å². The zero-order chi connectivity index (χ0) is 21.8. The van der Waals surface area contributed by atoms with Gasteiger partial charge in [0, 0.05) is 54.4 Å². The van der Waals surface area contributed by atoms with Gasteiger partial charge in [-0.15, -0.1) is 4.40 Å². The van der Waals surface area contributed by atoms with E-state index < -0.39 is 16.0 Å². The average molecular weight is 440 g/mol. The number of methoxy groups -OCH3 is 1. The molecule has 0 fully saturated rings. The van der Waals surface area contributed by atoms with Gasteiger partial charge in [-0.05, 0) is 30.4 Å². The van der Waals surface area contributed by atoms with Crippen molar-refractivity contribution in [2.75, 3.05) is 26.0 Å². The van der Waals surface area contributed by atoms with Crippen LogP contribution in [0.1, 0.15) is 21.6 Å². The van der Waals surface area contributed by atoms with Gasteiger partial charge >= 0.3 is 5.97 Å². The molecule has 0 radical (unpaired) electrons. The number of esters is 1. The fraction of sp³-hybridized carbons (Fsp3) is 0.286. The highest BCUT2D eigenvalue weighted by Crippen LogP contribution is 2.30. The van der Waals surface area contributed by atoms with Gasteiger partial charge in [0.2, 0.25) is 0 Å². The second-order valence-corrected chi connectivity index (χ2v) is 9.41. The van der Waals surface area contributed by atoms with Crippen molar-refractivity contribution in [3.8, 4) is 0 Å². The molecular weight excluding hydrogens is 420 g/mol. The van der Waals surface area contributed by atoms with Crippen LogP contribution in [0.15, 0.2) is 46.5 Å². The fourth-order valence-electron chi connectivity index (χ4n) is 4.14. The smallest absolute Gasteiger partial charge is 0.337 e. The molecule has 1 amide bonds. The Kier molecular flexibility index (Phi) is 4.47. The number of carbonyl (C=O) groups is 2. The summed E-state index contributed by atoms with van der Waals surface area (Å²) < 4.78 is 31.9. The summed E-state index contributed by atoms with van der Waals surface area (Å²) in [6.07, 6.45) is 5.51. The van der Waals surface area contributed by atoms with Gasteiger partial charge in [-0.25, -0.2) is 13.2 Å². The van der Waals surface area contributed by atoms with E-state index in [0.29, 0.717) is 36.5 Å². The molecule has 5 rings (SSSR count). The monoisotopic (exact) mass is 440 g/mol. The molecule has 0 aliphatic carbocycles. The molecule has 0 spiro atoms. The predicted octanol–water partition coefficient (Wildman–Crippen LogP) is 1.34. The number of hydrogen-bond acceptors (Lipinski definition) is 6. The first kappa shape index (κ1) is 19.6. The number of nitrogens with one attached hydrogen (secondary N) is 1. The van der Waals surface area contributed by atoms with E-state index in [1.807, 2.05) is 6.07 Å². The summed E-state index contributed by atoms with van der Waals surface area (Å²) in [5.74, 6) is -0.282. The Morgan fingerprint density at radius 2 is 2.03 bits per heavy atom. The summed E-state index contributed by atoms with van der Waals surface area (Å²) in [5.41, 5.74) is 3.91. The van der Waals surface area contributed by atoms with Crippen molar-refractivity contribution < 1.29 is 22.7 Å². The number of carbonyl (C=O) groups excluding carboxylic acids is 2. The molecule has 0 atom stereocenters. The molecule has 0 unspecified atom stereocenters. The zero-order valence-corrected chi connectivity index (χ0v) is 17.6. The topological polar surface area (TPSA) is 112 Å². The predicted molar refractivity (Wildman–Crippen MR) is 114 cm³/mol. The third kappa shape index (κ3) is 3.42. The first-order chi connectivity index (χ1) is 14.8. The minimum absolute atomic E-state index is 0.0761. The lowest BCUT2D eigenvalue weighted by Crippen LogP contribution is -2.40. The number of ether oxygens (including phenoxy) is 1. The van der Waals surface area contributed by atoms with Gasteiger partial charge in [-0.2, -0.15) is 0 Å². The van der Waals surface area contributed by atoms with Crippen LogP contribution >= 0.6 is 0 Å². The van der Waals surface area contributed by atoms with Crippen LogP contribution in [0.25, 0.3) is 10.9 Å². The molecule has 3 aliphatic heterocycles. The number of amidine groups is 1. The normalized spacial score (nSPS) is 19.4. The lowest BCUT2D eigenvalue weighted by atomic mass is 10.0. The quantitative estimate of drug-likeness (QED) is 0.706. The van der Waals surface area contributed by atoms with E-state index in [9.17, 15) is 18.0 Å². The zero-order valence-electron chi connectivity index (χ0n) is 16.8. The summed E-state index contributed by atoms with van der Waals surface area (Å²) in [4.78, 5) is 31.9. The summed E-state index contributed by atoms with van der Waals surface area (Å²) in [6.45, 7) is 1.24. The average Bonchev–Trinajstić information content (AvgIpc) is 3.14. The fourth-order valence-corrected chi connectivity index (χ4v) is 5.11. The number of H-pyrrole nitrogens is 1. The van der Waals surface area contributed by atoms with Crippen LogP contribution < -0.4 is 0 Å². The SMILES string of the molecule is COC(=O)c1ccc2[nH]c3c(c2c1)CN(C(=O)C1=CN2CCS(=O)(=O)N=C2C=C1)CC3. The van der Waals surface area contributed by atoms with Crippen LogP contribution in [0.2, 0.25) is 0 Å². The van der Waals surface area contributed by atoms with Crippen molar-refractivity contribution in [1.29, 1.82) is 0 Å². The molecule has 1 N–H and O–H groups in total. The van der Waals surface area contributed by atoms with Gasteiger partial charge in [0.1, 0.15) is 5.84 Å². The number of sulfonamides is 1. The second kappa shape index (κ2) is 7.09. The van der Waals surface area contributed by atoms with Gasteiger partial charge in [-0.1, -0.05) is 0 Å². The Bertz CT molecular complexity index is 1320. The number of amides is 1. The molecule has 10 heteroatoms. The van der Waals surface area contributed by atoms with E-state index in [2.05, 4.69) is 9.38 Å². The standard InChI is InChI=1S/C21H20N4O5S/c1-30-21(27)13-2-4-17-15(10-13)16-12-25(7-6-18(16)22-17)20(26)14-3-5-19-23-31(28,29)9-8-24(19)11-14/h2-5,10-11,22H,6-9,12H2,1H3. The Balaban J connectivity index is 1.42. The van der Waals surface area contributed by atoms with Crippen molar-refractivity contribution in [1.82, 2.24) is 14.8 Å². The molecule has 0 bridgehead atoms. The van der Waals surface area contributed by atoms with E-state index in [1.165, 1.54) is 7.11 Å². The lowest BCUT2D eigenvalue weighted by Gasteiger charge is -2.31. The number of nitrogens with zero attached hydrogens (tertiary/aromatic N) is 3. The summed E-state index contributed by atoms with van der Waals surface area (Å²) in [5, 5.41) is 0.902. The van der Waals surface area contributed by atoms with Crippen molar-refractivity contribution in [2.45, 2.75) is 13.0 Å². The Hall–Kier alpha value is -3.40. The van der Waals surface area contributed by atoms with E-state index in [4.69, 9.17) is 4.74 Å². The van der Waals surface area contributed by atoms with Crippen LogP contribution in [0.4, 0.5) is 0 Å². The number of benzene rings is 1. The molecule has 9 nitrogen and oxygen atoms in total. The van der Waals surface area contributed by atoms with E-state index >= 15 is 0 Å². The molecular formula is C21H20N4O5S. The molecule has 160 valence electrons. The van der Waals surface area contributed by atoms with Gasteiger partial charge in [0.05, 0.1) is 24.0 Å². The molecule has 0 saturated heterocycles. The molecule has 2 aromatic rings. The van der Waals surface area contributed by atoms with Crippen molar-refractivity contribution in [3.63, 3.8) is 0 Å². The first-order valence-electron chi connectivity index (χ1n) is 9.85. The molecule has 1 aromatic carbocycles. The van der Waals surface area contributed by atoms with Crippen LogP contribution in [-0.4, -0.2) is 66.9 Å². The highest BCUT2D eigenvalue weighted by Gasteiger charge is 2.29. The number of fused-ring (bicyclic) bond motifs is 4. The number of hydrogen-bond donors (Lipinski definition) is 1. The van der Waals surface area contributed by atoms with Gasteiger partial charge in [-0.3, -0.25) is 4.79 Å². The lowest BCUT2D eigenvalue weighted by molar-refractivity contribution is -0.127. The number of aromatic amines is 1. The first-order valence-corrected chi connectivity index (χ1v) is 11.5. The summed E-state index contributed by atoms with van der Waals surface area (Å²) in [6, 6.07) is 5.36. The van der Waals surface area contributed by atoms with E-state index in [0.717, 1.165) is 22.2 Å². The molecule has 3 aliphatic rings. The maximum atomic E-state index is 13.2. The third-order valence-corrected chi connectivity index (χ3v) is 6.92. The van der Waals surface area contributed by atoms with Gasteiger partial charge in [0.15, 0.2) is 0 Å². The van der Waals surface area contributed by atoms with Gasteiger partial charge in [0.25, 0.3) is 15.9 Å². The highest BCUT2D eigenvalue weighted by molar-refractivity contribution is 7.90. The minimum Gasteiger partial charge on any atom is -0.465 e. The Morgan fingerprint density at radius 1 is 1.19 bits per heavy atom. The third-order valence-electron chi connectivity index (χ3n) is 5.75. The van der Waals surface area contributed by atoms with Crippen molar-refractivity contribution in [3.05, 3.63) is 58.9 Å². The van der Waals surface area contributed by atoms with Crippen LogP contribution in [0.5, 0.6) is 0 Å². The number of rotatable bonds is 2. The molecule has 1 aromatic heterocycles. The second-order valence-electron chi connectivity index (χ2n) is 7.66. The van der Waals surface area contributed by atoms with Crippen LogP contribution in [0, 0.1) is 0 Å². The van der Waals surface area contributed by atoms with Gasteiger partial charge < -0.3 is 19.5 Å². The molecule has 4 heterocycles. The van der Waals surface area contributed by atoms with Crippen LogP contribution in [0.3, 0.4) is 0 Å². The highest BCUT2D eigenvalue weighted by atomic mass is 32.2. The molecule has 0 saturated carbocycles. The Morgan fingerprint density at radius 3 is 2.84 bits per heavy atom. The Labute approximate surface area is 178 Å². The largest absolute Gasteiger partial charge is 0.465 e. The maximum absolute atomic E-state index is 13.2. The molecule has 31 heavy (non-hydrogen) atoms. The minimum atomic E-state index is -3.44.